The maximum absolute atomic E-state index is 3.81. The molecule has 0 aliphatic carbocycles. The fraction of sp³-hybridized carbons (Fsp3) is 0.500. The standard InChI is InChI=1S/C6H11BrN2/c1-3-9-5-6(7)4-8-2/h4-5,9H,3H2,1-2H3/b6-5+,8-4-. The first-order chi connectivity index (χ1) is 4.31. The lowest BCUT2D eigenvalue weighted by atomic mass is 10.6. The molecule has 0 aliphatic heterocycles. The van der Waals surface area contributed by atoms with E-state index in [1.54, 1.807) is 13.3 Å². The van der Waals surface area contributed by atoms with Crippen molar-refractivity contribution in [3.63, 3.8) is 0 Å². The molecule has 0 saturated heterocycles. The Morgan fingerprint density at radius 3 is 2.89 bits per heavy atom. The minimum atomic E-state index is 0.937. The van der Waals surface area contributed by atoms with Gasteiger partial charge in [0.05, 0.1) is 4.48 Å². The predicted molar refractivity (Wildman–Crippen MR) is 45.1 cm³/mol. The molecule has 0 spiro atoms. The zero-order valence-electron chi connectivity index (χ0n) is 5.69. The number of rotatable bonds is 3. The average Bonchev–Trinajstić information content (AvgIpc) is 1.85. The third-order valence-electron chi connectivity index (χ3n) is 0.697. The van der Waals surface area contributed by atoms with Crippen molar-refractivity contribution < 1.29 is 0 Å². The average molecular weight is 191 g/mol. The number of aliphatic imine (C=N–C) groups is 1. The molecule has 0 radical (unpaired) electrons. The summed E-state index contributed by atoms with van der Waals surface area (Å²) in [6, 6.07) is 0. The van der Waals surface area contributed by atoms with Crippen LogP contribution >= 0.6 is 15.9 Å². The predicted octanol–water partition coefficient (Wildman–Crippen LogP) is 1.53. The van der Waals surface area contributed by atoms with Crippen LogP contribution in [0.5, 0.6) is 0 Å². The molecule has 0 bridgehead atoms. The molecule has 0 amide bonds. The second-order valence-corrected chi connectivity index (χ2v) is 2.39. The van der Waals surface area contributed by atoms with Crippen LogP contribution in [0.2, 0.25) is 0 Å². The summed E-state index contributed by atoms with van der Waals surface area (Å²) in [5, 5.41) is 3.03. The Morgan fingerprint density at radius 2 is 2.44 bits per heavy atom. The summed E-state index contributed by atoms with van der Waals surface area (Å²) < 4.78 is 0.965. The molecule has 0 rings (SSSR count). The van der Waals surface area contributed by atoms with Crippen molar-refractivity contribution in [3.05, 3.63) is 10.7 Å². The lowest BCUT2D eigenvalue weighted by Crippen LogP contribution is -2.02. The minimum Gasteiger partial charge on any atom is -0.390 e. The van der Waals surface area contributed by atoms with E-state index in [4.69, 9.17) is 0 Å². The van der Waals surface area contributed by atoms with Crippen molar-refractivity contribution in [3.8, 4) is 0 Å². The minimum absolute atomic E-state index is 0.937. The fourth-order valence-corrected chi connectivity index (χ4v) is 0.727. The molecule has 0 fully saturated rings. The third kappa shape index (κ3) is 5.56. The molecule has 0 saturated carbocycles. The van der Waals surface area contributed by atoms with Crippen molar-refractivity contribution in [2.45, 2.75) is 6.92 Å². The third-order valence-corrected chi connectivity index (χ3v) is 1.13. The van der Waals surface area contributed by atoms with Gasteiger partial charge in [0.25, 0.3) is 0 Å². The molecule has 1 N–H and O–H groups in total. The SMILES string of the molecule is CCN/C=C(Br)\C=N/C. The number of hydrogen-bond donors (Lipinski definition) is 1. The van der Waals surface area contributed by atoms with Gasteiger partial charge in [-0.2, -0.15) is 0 Å². The van der Waals surface area contributed by atoms with Gasteiger partial charge in [-0.3, -0.25) is 4.99 Å². The first kappa shape index (κ1) is 8.69. The van der Waals surface area contributed by atoms with E-state index in [1.807, 2.05) is 13.1 Å². The summed E-state index contributed by atoms with van der Waals surface area (Å²) in [7, 11) is 1.74. The van der Waals surface area contributed by atoms with Crippen LogP contribution in [-0.4, -0.2) is 19.8 Å². The highest BCUT2D eigenvalue weighted by Crippen LogP contribution is 1.97. The topological polar surface area (TPSA) is 24.4 Å². The fourth-order valence-electron chi connectivity index (χ4n) is 0.360. The van der Waals surface area contributed by atoms with Gasteiger partial charge in [-0.15, -0.1) is 0 Å². The molecular formula is C6H11BrN2. The van der Waals surface area contributed by atoms with E-state index in [2.05, 4.69) is 26.2 Å². The van der Waals surface area contributed by atoms with Gasteiger partial charge < -0.3 is 5.32 Å². The number of nitrogens with zero attached hydrogens (tertiary/aromatic N) is 1. The van der Waals surface area contributed by atoms with Crippen LogP contribution in [0.3, 0.4) is 0 Å². The van der Waals surface area contributed by atoms with Gasteiger partial charge in [0, 0.05) is 26.0 Å². The van der Waals surface area contributed by atoms with Crippen LogP contribution in [-0.2, 0) is 0 Å². The Kier molecular flexibility index (Phi) is 5.62. The maximum atomic E-state index is 3.81. The van der Waals surface area contributed by atoms with Crippen LogP contribution in [0.15, 0.2) is 15.7 Å². The normalized spacial score (nSPS) is 12.6. The van der Waals surface area contributed by atoms with Crippen molar-refractivity contribution in [2.75, 3.05) is 13.6 Å². The maximum Gasteiger partial charge on any atom is 0.0510 e. The van der Waals surface area contributed by atoms with E-state index < -0.39 is 0 Å². The van der Waals surface area contributed by atoms with Crippen molar-refractivity contribution in [2.24, 2.45) is 4.99 Å². The van der Waals surface area contributed by atoms with E-state index in [1.165, 1.54) is 0 Å². The zero-order valence-corrected chi connectivity index (χ0v) is 7.27. The van der Waals surface area contributed by atoms with Crippen LogP contribution in [0.25, 0.3) is 0 Å². The van der Waals surface area contributed by atoms with Crippen LogP contribution in [0.4, 0.5) is 0 Å². The van der Waals surface area contributed by atoms with Crippen molar-refractivity contribution in [1.82, 2.24) is 5.32 Å². The smallest absolute Gasteiger partial charge is 0.0510 e. The van der Waals surface area contributed by atoms with E-state index in [-0.39, 0.29) is 0 Å². The Balaban J connectivity index is 3.55. The molecule has 0 aromatic rings. The number of halogens is 1. The van der Waals surface area contributed by atoms with Crippen LogP contribution in [0, 0.1) is 0 Å². The Hall–Kier alpha value is -0.310. The van der Waals surface area contributed by atoms with E-state index >= 15 is 0 Å². The van der Waals surface area contributed by atoms with E-state index in [0.717, 1.165) is 11.0 Å². The molecule has 9 heavy (non-hydrogen) atoms. The molecule has 0 aromatic heterocycles. The van der Waals surface area contributed by atoms with Gasteiger partial charge in [-0.25, -0.2) is 0 Å². The molecule has 0 unspecified atom stereocenters. The second kappa shape index (κ2) is 5.82. The first-order valence-electron chi connectivity index (χ1n) is 2.82. The summed E-state index contributed by atoms with van der Waals surface area (Å²) in [6.45, 7) is 2.98. The summed E-state index contributed by atoms with van der Waals surface area (Å²) >= 11 is 3.29. The molecule has 52 valence electrons. The number of nitrogens with one attached hydrogen (secondary N) is 1. The van der Waals surface area contributed by atoms with Gasteiger partial charge >= 0.3 is 0 Å². The molecule has 0 heterocycles. The summed E-state index contributed by atoms with van der Waals surface area (Å²) in [5.41, 5.74) is 0. The largest absolute Gasteiger partial charge is 0.390 e. The zero-order chi connectivity index (χ0) is 7.11. The highest BCUT2D eigenvalue weighted by atomic mass is 79.9. The second-order valence-electron chi connectivity index (χ2n) is 1.47. The Labute approximate surface area is 64.2 Å². The molecule has 0 aromatic carbocycles. The monoisotopic (exact) mass is 190 g/mol. The highest BCUT2D eigenvalue weighted by Gasteiger charge is 1.79. The number of hydrogen-bond acceptors (Lipinski definition) is 2. The summed E-state index contributed by atoms with van der Waals surface area (Å²) in [5.74, 6) is 0. The molecule has 0 aliphatic rings. The first-order valence-corrected chi connectivity index (χ1v) is 3.61. The van der Waals surface area contributed by atoms with Gasteiger partial charge in [0.15, 0.2) is 0 Å². The van der Waals surface area contributed by atoms with Gasteiger partial charge in [0.2, 0.25) is 0 Å². The van der Waals surface area contributed by atoms with Gasteiger partial charge in [0.1, 0.15) is 0 Å². The number of allylic oxidation sites excluding steroid dienone is 1. The van der Waals surface area contributed by atoms with Crippen molar-refractivity contribution in [1.29, 1.82) is 0 Å². The summed E-state index contributed by atoms with van der Waals surface area (Å²) in [4.78, 5) is 3.81. The molecule has 0 atom stereocenters. The van der Waals surface area contributed by atoms with Crippen molar-refractivity contribution >= 4 is 22.1 Å². The highest BCUT2D eigenvalue weighted by molar-refractivity contribution is 9.12. The van der Waals surface area contributed by atoms with E-state index in [0.29, 0.717) is 0 Å². The van der Waals surface area contributed by atoms with Gasteiger partial charge in [-0.05, 0) is 22.9 Å². The Bertz CT molecular complexity index is 118. The molecule has 2 nitrogen and oxygen atoms in total. The van der Waals surface area contributed by atoms with Crippen LogP contribution in [0.1, 0.15) is 6.92 Å². The van der Waals surface area contributed by atoms with E-state index in [9.17, 15) is 0 Å². The quantitative estimate of drug-likeness (QED) is 0.672. The van der Waals surface area contributed by atoms with Crippen LogP contribution < -0.4 is 5.32 Å². The summed E-state index contributed by atoms with van der Waals surface area (Å²) in [6.07, 6.45) is 3.61. The lowest BCUT2D eigenvalue weighted by Gasteiger charge is -1.91. The lowest BCUT2D eigenvalue weighted by molar-refractivity contribution is 0.920. The Morgan fingerprint density at radius 1 is 1.78 bits per heavy atom. The molecular weight excluding hydrogens is 180 g/mol. The van der Waals surface area contributed by atoms with Gasteiger partial charge in [-0.1, -0.05) is 0 Å². The molecule has 3 heteroatoms.